The van der Waals surface area contributed by atoms with Crippen LogP contribution in [0.5, 0.6) is 0 Å². The first-order valence-corrected chi connectivity index (χ1v) is 7.64. The molecule has 0 spiro atoms. The van der Waals surface area contributed by atoms with Crippen LogP contribution < -0.4 is 10.6 Å². The number of amides is 1. The number of hydrogen-bond acceptors (Lipinski definition) is 4. The molecule has 0 aromatic carbocycles. The fourth-order valence-corrected chi connectivity index (χ4v) is 2.67. The summed E-state index contributed by atoms with van der Waals surface area (Å²) in [6.45, 7) is 5.14. The minimum atomic E-state index is -0.519. The van der Waals surface area contributed by atoms with E-state index in [0.29, 0.717) is 18.9 Å². The number of aromatic nitrogens is 1. The van der Waals surface area contributed by atoms with Crippen LogP contribution in [0.15, 0.2) is 24.4 Å². The molecule has 0 aliphatic carbocycles. The molecule has 112 valence electrons. The van der Waals surface area contributed by atoms with Gasteiger partial charge in [0.15, 0.2) is 0 Å². The van der Waals surface area contributed by atoms with Gasteiger partial charge in [0.2, 0.25) is 0 Å². The van der Waals surface area contributed by atoms with Gasteiger partial charge in [-0.2, -0.15) is 0 Å². The van der Waals surface area contributed by atoms with Crippen molar-refractivity contribution in [2.24, 2.45) is 0 Å². The van der Waals surface area contributed by atoms with E-state index in [-0.39, 0.29) is 11.5 Å². The first-order chi connectivity index (χ1) is 10.1. The van der Waals surface area contributed by atoms with Crippen LogP contribution in [0, 0.1) is 12.7 Å². The molecular weight excluding hydrogens is 289 g/mol. The monoisotopic (exact) mass is 307 g/mol. The van der Waals surface area contributed by atoms with E-state index >= 15 is 0 Å². The first kappa shape index (κ1) is 15.4. The molecule has 0 aliphatic rings. The summed E-state index contributed by atoms with van der Waals surface area (Å²) in [7, 11) is 0. The molecule has 2 N–H and O–H groups in total. The van der Waals surface area contributed by atoms with E-state index in [1.54, 1.807) is 11.3 Å². The second-order valence-corrected chi connectivity index (χ2v) is 6.04. The zero-order chi connectivity index (χ0) is 15.2. The van der Waals surface area contributed by atoms with Gasteiger partial charge in [0.25, 0.3) is 5.91 Å². The van der Waals surface area contributed by atoms with Gasteiger partial charge in [-0.25, -0.2) is 9.37 Å². The molecule has 0 bridgehead atoms. The van der Waals surface area contributed by atoms with Gasteiger partial charge in [-0.1, -0.05) is 6.92 Å². The zero-order valence-corrected chi connectivity index (χ0v) is 12.9. The average molecular weight is 307 g/mol. The van der Waals surface area contributed by atoms with Crippen molar-refractivity contribution in [3.8, 4) is 0 Å². The van der Waals surface area contributed by atoms with Crippen LogP contribution in [-0.2, 0) is 6.54 Å². The second-order valence-electron chi connectivity index (χ2n) is 4.67. The molecule has 4 nitrogen and oxygen atoms in total. The van der Waals surface area contributed by atoms with Crippen molar-refractivity contribution in [3.63, 3.8) is 0 Å². The molecule has 2 heterocycles. The third-order valence-corrected chi connectivity index (χ3v) is 3.86. The van der Waals surface area contributed by atoms with Crippen LogP contribution in [0.4, 0.5) is 10.2 Å². The number of nitrogens with zero attached hydrogens (tertiary/aromatic N) is 1. The van der Waals surface area contributed by atoms with Gasteiger partial charge in [-0.05, 0) is 31.5 Å². The van der Waals surface area contributed by atoms with Crippen molar-refractivity contribution < 1.29 is 9.18 Å². The number of aryl methyl sites for hydroxylation is 1. The summed E-state index contributed by atoms with van der Waals surface area (Å²) in [5.74, 6) is -0.432. The Bertz CT molecular complexity index is 627. The Kier molecular flexibility index (Phi) is 5.27. The van der Waals surface area contributed by atoms with E-state index in [1.807, 2.05) is 26.0 Å². The molecule has 2 rings (SSSR count). The fourth-order valence-electron chi connectivity index (χ4n) is 1.84. The zero-order valence-electron chi connectivity index (χ0n) is 12.1. The highest BCUT2D eigenvalue weighted by molar-refractivity contribution is 7.11. The molecule has 0 unspecified atom stereocenters. The fraction of sp³-hybridized carbons (Fsp3) is 0.333. The summed E-state index contributed by atoms with van der Waals surface area (Å²) in [6, 6.07) is 5.18. The predicted molar refractivity (Wildman–Crippen MR) is 83.2 cm³/mol. The molecule has 0 saturated carbocycles. The SMILES string of the molecule is CCCNc1ncc(F)cc1C(=O)NCc1ccc(C)s1. The van der Waals surface area contributed by atoms with E-state index in [1.165, 1.54) is 10.9 Å². The van der Waals surface area contributed by atoms with Crippen LogP contribution in [0.2, 0.25) is 0 Å². The Morgan fingerprint density at radius 1 is 1.43 bits per heavy atom. The molecule has 2 aromatic rings. The lowest BCUT2D eigenvalue weighted by Crippen LogP contribution is -2.24. The normalized spacial score (nSPS) is 10.4. The van der Waals surface area contributed by atoms with Crippen molar-refractivity contribution in [1.82, 2.24) is 10.3 Å². The van der Waals surface area contributed by atoms with Crippen LogP contribution in [0.3, 0.4) is 0 Å². The Morgan fingerprint density at radius 2 is 2.24 bits per heavy atom. The molecule has 1 amide bonds. The number of rotatable bonds is 6. The van der Waals surface area contributed by atoms with E-state index in [2.05, 4.69) is 15.6 Å². The van der Waals surface area contributed by atoms with E-state index < -0.39 is 5.82 Å². The number of carbonyl (C=O) groups is 1. The van der Waals surface area contributed by atoms with E-state index in [4.69, 9.17) is 0 Å². The number of carbonyl (C=O) groups excluding carboxylic acids is 1. The average Bonchev–Trinajstić information content (AvgIpc) is 2.89. The molecule has 0 aliphatic heterocycles. The summed E-state index contributed by atoms with van der Waals surface area (Å²) in [5, 5.41) is 5.83. The van der Waals surface area contributed by atoms with Gasteiger partial charge >= 0.3 is 0 Å². The third-order valence-electron chi connectivity index (χ3n) is 2.86. The Hall–Kier alpha value is -1.95. The minimum Gasteiger partial charge on any atom is -0.369 e. The van der Waals surface area contributed by atoms with Gasteiger partial charge in [-0.3, -0.25) is 4.79 Å². The van der Waals surface area contributed by atoms with Crippen LogP contribution >= 0.6 is 11.3 Å². The molecule has 6 heteroatoms. The predicted octanol–water partition coefficient (Wildman–Crippen LogP) is 3.34. The number of nitrogens with one attached hydrogen (secondary N) is 2. The van der Waals surface area contributed by atoms with E-state index in [9.17, 15) is 9.18 Å². The maximum atomic E-state index is 13.3. The van der Waals surface area contributed by atoms with Gasteiger partial charge in [0.05, 0.1) is 18.3 Å². The highest BCUT2D eigenvalue weighted by Gasteiger charge is 2.14. The Morgan fingerprint density at radius 3 is 2.90 bits per heavy atom. The maximum Gasteiger partial charge on any atom is 0.255 e. The Labute approximate surface area is 127 Å². The molecule has 0 atom stereocenters. The molecule has 0 fully saturated rings. The molecule has 0 radical (unpaired) electrons. The van der Waals surface area contributed by atoms with Gasteiger partial charge in [0.1, 0.15) is 11.6 Å². The van der Waals surface area contributed by atoms with E-state index in [0.717, 1.165) is 17.5 Å². The number of hydrogen-bond donors (Lipinski definition) is 2. The summed E-state index contributed by atoms with van der Waals surface area (Å²) >= 11 is 1.63. The van der Waals surface area contributed by atoms with Crippen molar-refractivity contribution in [1.29, 1.82) is 0 Å². The lowest BCUT2D eigenvalue weighted by molar-refractivity contribution is 0.0951. The van der Waals surface area contributed by atoms with Gasteiger partial charge in [0, 0.05) is 16.3 Å². The number of anilines is 1. The van der Waals surface area contributed by atoms with Gasteiger partial charge < -0.3 is 10.6 Å². The van der Waals surface area contributed by atoms with Crippen molar-refractivity contribution in [2.45, 2.75) is 26.8 Å². The lowest BCUT2D eigenvalue weighted by atomic mass is 10.2. The molecular formula is C15H18FN3OS. The van der Waals surface area contributed by atoms with Crippen LogP contribution in [0.1, 0.15) is 33.5 Å². The van der Waals surface area contributed by atoms with Gasteiger partial charge in [-0.15, -0.1) is 11.3 Å². The second kappa shape index (κ2) is 7.17. The smallest absolute Gasteiger partial charge is 0.255 e. The standard InChI is InChI=1S/C15H18FN3OS/c1-3-6-17-14-13(7-11(16)8-18-14)15(20)19-9-12-5-4-10(2)21-12/h4-5,7-8H,3,6,9H2,1-2H3,(H,17,18)(H,19,20). The van der Waals surface area contributed by atoms with Crippen molar-refractivity contribution in [3.05, 3.63) is 45.5 Å². The van der Waals surface area contributed by atoms with Crippen molar-refractivity contribution >= 4 is 23.1 Å². The molecule has 2 aromatic heterocycles. The summed E-state index contributed by atoms with van der Waals surface area (Å²) < 4.78 is 13.3. The highest BCUT2D eigenvalue weighted by Crippen LogP contribution is 2.16. The maximum absolute atomic E-state index is 13.3. The largest absolute Gasteiger partial charge is 0.369 e. The third kappa shape index (κ3) is 4.26. The number of halogens is 1. The number of pyridine rings is 1. The minimum absolute atomic E-state index is 0.233. The topological polar surface area (TPSA) is 54.0 Å². The molecule has 21 heavy (non-hydrogen) atoms. The quantitative estimate of drug-likeness (QED) is 0.860. The highest BCUT2D eigenvalue weighted by atomic mass is 32.1. The van der Waals surface area contributed by atoms with Crippen LogP contribution in [-0.4, -0.2) is 17.4 Å². The number of thiophene rings is 1. The van der Waals surface area contributed by atoms with Crippen LogP contribution in [0.25, 0.3) is 0 Å². The first-order valence-electron chi connectivity index (χ1n) is 6.83. The summed E-state index contributed by atoms with van der Waals surface area (Å²) in [6.07, 6.45) is 2.01. The Balaban J connectivity index is 2.08. The lowest BCUT2D eigenvalue weighted by Gasteiger charge is -2.10. The summed E-state index contributed by atoms with van der Waals surface area (Å²) in [4.78, 5) is 18.4. The van der Waals surface area contributed by atoms with Crippen molar-refractivity contribution in [2.75, 3.05) is 11.9 Å². The summed E-state index contributed by atoms with van der Waals surface area (Å²) in [5.41, 5.74) is 0.233. The molecule has 0 saturated heterocycles.